The molecule has 2 aliphatic rings. The summed E-state index contributed by atoms with van der Waals surface area (Å²) >= 11 is 2.88. The number of nitrogens with one attached hydrogen (secondary N) is 2. The van der Waals surface area contributed by atoms with Gasteiger partial charge in [0.2, 0.25) is 0 Å². The highest BCUT2D eigenvalue weighted by molar-refractivity contribution is 8.23. The van der Waals surface area contributed by atoms with Gasteiger partial charge in [-0.2, -0.15) is 18.3 Å². The third-order valence-corrected chi connectivity index (χ3v) is 9.78. The second kappa shape index (κ2) is 10.7. The first-order valence-electron chi connectivity index (χ1n) is 13.0. The summed E-state index contributed by atoms with van der Waals surface area (Å²) in [4.78, 5) is 17.2. The number of alkyl halides is 3. The molecular weight excluding hydrogens is 574 g/mol. The van der Waals surface area contributed by atoms with Crippen LogP contribution in [0.3, 0.4) is 0 Å². The molecule has 0 unspecified atom stereocenters. The van der Waals surface area contributed by atoms with Crippen molar-refractivity contribution in [2.24, 2.45) is 0 Å². The molecule has 2 aromatic heterocycles. The summed E-state index contributed by atoms with van der Waals surface area (Å²) in [6, 6.07) is 13.6. The van der Waals surface area contributed by atoms with Crippen LogP contribution in [-0.4, -0.2) is 39.3 Å². The molecule has 3 heterocycles. The van der Waals surface area contributed by atoms with Gasteiger partial charge in [0.25, 0.3) is 5.91 Å². The molecule has 4 aromatic rings. The van der Waals surface area contributed by atoms with Crippen LogP contribution in [-0.2, 0) is 4.08 Å². The number of halogens is 4. The fourth-order valence-corrected chi connectivity index (χ4v) is 7.09. The fourth-order valence-electron chi connectivity index (χ4n) is 4.74. The van der Waals surface area contributed by atoms with Crippen LogP contribution in [0.1, 0.15) is 46.4 Å². The smallest absolute Gasteiger partial charge is 0.382 e. The number of aryl methyl sites for hydroxylation is 1. The van der Waals surface area contributed by atoms with Crippen LogP contribution >= 0.6 is 23.5 Å². The van der Waals surface area contributed by atoms with Gasteiger partial charge in [0.05, 0.1) is 29.7 Å². The molecule has 1 fully saturated rings. The summed E-state index contributed by atoms with van der Waals surface area (Å²) in [5, 5.41) is 14.6. The number of carbonyl (C=O) groups excluding carboxylic acids is 1. The van der Waals surface area contributed by atoms with Gasteiger partial charge >= 0.3 is 6.18 Å². The lowest BCUT2D eigenvalue weighted by molar-refractivity contribution is -0.131. The molecule has 6 nitrogen and oxygen atoms in total. The first-order valence-corrected chi connectivity index (χ1v) is 14.8. The lowest BCUT2D eigenvalue weighted by atomic mass is 10.0. The van der Waals surface area contributed by atoms with E-state index in [4.69, 9.17) is 5.10 Å². The number of benzene rings is 2. The average molecular weight is 600 g/mol. The van der Waals surface area contributed by atoms with Crippen molar-refractivity contribution >= 4 is 40.8 Å². The average Bonchev–Trinajstić information content (AvgIpc) is 3.41. The molecule has 1 saturated carbocycles. The number of aromatic nitrogens is 3. The molecule has 1 aliphatic heterocycles. The summed E-state index contributed by atoms with van der Waals surface area (Å²) in [7, 11) is 0. The van der Waals surface area contributed by atoms with Crippen LogP contribution in [0.2, 0.25) is 0 Å². The monoisotopic (exact) mass is 599 g/mol. The normalized spacial score (nSPS) is 16.3. The Hall–Kier alpha value is -3.51. The van der Waals surface area contributed by atoms with E-state index < -0.39 is 22.5 Å². The van der Waals surface area contributed by atoms with Crippen LogP contribution in [0.5, 0.6) is 0 Å². The summed E-state index contributed by atoms with van der Waals surface area (Å²) in [6.07, 6.45) is -1.76. The maximum Gasteiger partial charge on any atom is 0.390 e. The van der Waals surface area contributed by atoms with E-state index in [2.05, 4.69) is 15.6 Å². The molecular formula is C29H25F4N5OS2. The molecule has 1 aliphatic carbocycles. The van der Waals surface area contributed by atoms with E-state index in [0.717, 1.165) is 24.0 Å². The molecule has 0 radical (unpaired) electrons. The molecule has 0 bridgehead atoms. The van der Waals surface area contributed by atoms with Gasteiger partial charge in [-0.25, -0.2) is 13.9 Å². The van der Waals surface area contributed by atoms with Crippen LogP contribution in [0.4, 0.5) is 23.2 Å². The Kier molecular flexibility index (Phi) is 7.23. The van der Waals surface area contributed by atoms with Gasteiger partial charge in [-0.1, -0.05) is 18.2 Å². The van der Waals surface area contributed by atoms with Crippen molar-refractivity contribution in [2.45, 2.75) is 42.5 Å². The Balaban J connectivity index is 1.46. The van der Waals surface area contributed by atoms with Gasteiger partial charge in [-0.05, 0) is 72.0 Å². The molecule has 1 amide bonds. The third-order valence-electron chi connectivity index (χ3n) is 6.94. The number of anilines is 1. The van der Waals surface area contributed by atoms with Crippen LogP contribution in [0.15, 0.2) is 65.5 Å². The van der Waals surface area contributed by atoms with E-state index in [1.807, 2.05) is 35.9 Å². The molecule has 0 atom stereocenters. The zero-order valence-electron chi connectivity index (χ0n) is 21.8. The molecule has 2 aromatic carbocycles. The number of nitrogens with zero attached hydrogens (tertiary/aromatic N) is 3. The second-order valence-electron chi connectivity index (χ2n) is 10.0. The van der Waals surface area contributed by atoms with Gasteiger partial charge in [0.1, 0.15) is 9.90 Å². The molecule has 12 heteroatoms. The van der Waals surface area contributed by atoms with Crippen LogP contribution in [0, 0.1) is 12.7 Å². The number of hydrogen-bond donors (Lipinski definition) is 2. The third kappa shape index (κ3) is 5.67. The lowest BCUT2D eigenvalue weighted by Crippen LogP contribution is -2.26. The Bertz CT molecular complexity index is 1660. The highest BCUT2D eigenvalue weighted by atomic mass is 32.2. The minimum absolute atomic E-state index is 0.119. The van der Waals surface area contributed by atoms with Crippen molar-refractivity contribution in [3.05, 3.63) is 93.7 Å². The topological polar surface area (TPSA) is 71.3 Å². The SMILES string of the molecule is Cc1cc(-c2cnc3c(NCCC(F)(F)F)cc(C4(c5cccc(F)c5)SC=CS4)nn23)ccc1C(=O)NC1CC1. The van der Waals surface area contributed by atoms with E-state index in [1.165, 1.54) is 35.7 Å². The Morgan fingerprint density at radius 1 is 1.12 bits per heavy atom. The Morgan fingerprint density at radius 2 is 1.90 bits per heavy atom. The van der Waals surface area contributed by atoms with E-state index in [9.17, 15) is 22.4 Å². The van der Waals surface area contributed by atoms with Crippen molar-refractivity contribution in [1.29, 1.82) is 0 Å². The minimum Gasteiger partial charge on any atom is -0.382 e. The standard InChI is InChI=1S/C29H25F4N5OS2/c1-17-13-18(5-8-22(17)27(39)36-21-6-7-21)24-16-35-26-23(34-10-9-28(31,32)33)15-25(37-38(24)26)29(40-11-12-41-29)19-3-2-4-20(30)14-19/h2-5,8,11-16,21,34H,6-7,9-10H2,1H3,(H,36,39). The van der Waals surface area contributed by atoms with Crippen molar-refractivity contribution in [2.75, 3.05) is 11.9 Å². The maximum atomic E-state index is 14.3. The van der Waals surface area contributed by atoms with Gasteiger partial charge in [-0.3, -0.25) is 4.79 Å². The summed E-state index contributed by atoms with van der Waals surface area (Å²) < 4.78 is 54.0. The Labute approximate surface area is 242 Å². The van der Waals surface area contributed by atoms with E-state index in [0.29, 0.717) is 33.8 Å². The van der Waals surface area contributed by atoms with E-state index in [-0.39, 0.29) is 18.5 Å². The number of rotatable bonds is 8. The highest BCUT2D eigenvalue weighted by Crippen LogP contribution is 2.57. The van der Waals surface area contributed by atoms with E-state index >= 15 is 0 Å². The van der Waals surface area contributed by atoms with Gasteiger partial charge in [0.15, 0.2) is 5.65 Å². The first kappa shape index (κ1) is 27.6. The lowest BCUT2D eigenvalue weighted by Gasteiger charge is -2.28. The maximum absolute atomic E-state index is 14.3. The van der Waals surface area contributed by atoms with Crippen LogP contribution < -0.4 is 10.6 Å². The number of amides is 1. The Morgan fingerprint density at radius 3 is 2.59 bits per heavy atom. The van der Waals surface area contributed by atoms with Crippen molar-refractivity contribution in [1.82, 2.24) is 19.9 Å². The van der Waals surface area contributed by atoms with Gasteiger partial charge in [-0.15, -0.1) is 23.5 Å². The molecule has 212 valence electrons. The summed E-state index contributed by atoms with van der Waals surface area (Å²) in [5.74, 6) is -0.518. The summed E-state index contributed by atoms with van der Waals surface area (Å²) in [5.41, 5.74) is 4.61. The largest absolute Gasteiger partial charge is 0.390 e. The minimum atomic E-state index is -4.32. The zero-order valence-corrected chi connectivity index (χ0v) is 23.5. The van der Waals surface area contributed by atoms with Gasteiger partial charge < -0.3 is 10.6 Å². The van der Waals surface area contributed by atoms with Crippen molar-refractivity contribution in [3.63, 3.8) is 0 Å². The second-order valence-corrected chi connectivity index (χ2v) is 12.5. The molecule has 0 spiro atoms. The van der Waals surface area contributed by atoms with E-state index in [1.54, 1.807) is 28.9 Å². The summed E-state index contributed by atoms with van der Waals surface area (Å²) in [6.45, 7) is 1.51. The molecule has 0 saturated heterocycles. The van der Waals surface area contributed by atoms with Gasteiger partial charge in [0, 0.05) is 23.7 Å². The zero-order chi connectivity index (χ0) is 28.8. The predicted molar refractivity (Wildman–Crippen MR) is 154 cm³/mol. The number of thioether (sulfide) groups is 2. The highest BCUT2D eigenvalue weighted by Gasteiger charge is 2.40. The van der Waals surface area contributed by atoms with Crippen molar-refractivity contribution < 1.29 is 22.4 Å². The molecule has 2 N–H and O–H groups in total. The molecule has 41 heavy (non-hydrogen) atoms. The molecule has 6 rings (SSSR count). The first-order chi connectivity index (χ1) is 19.6. The number of hydrogen-bond acceptors (Lipinski definition) is 6. The van der Waals surface area contributed by atoms with Crippen molar-refractivity contribution in [3.8, 4) is 11.3 Å². The fraction of sp³-hybridized carbons (Fsp3) is 0.276. The number of imidazole rings is 1. The quantitative estimate of drug-likeness (QED) is 0.208. The number of fused-ring (bicyclic) bond motifs is 1. The van der Waals surface area contributed by atoms with Crippen LogP contribution in [0.25, 0.3) is 16.9 Å². The number of carbonyl (C=O) groups is 1. The predicted octanol–water partition coefficient (Wildman–Crippen LogP) is 7.25.